The number of carbonyl (C=O) groups is 1. The second-order valence-electron chi connectivity index (χ2n) is 13.2. The van der Waals surface area contributed by atoms with Crippen LogP contribution in [0.15, 0.2) is 138 Å². The molecule has 1 aliphatic rings. The Hall–Kier alpha value is -5.59. The Morgan fingerprint density at radius 1 is 0.855 bits per heavy atom. The first-order chi connectivity index (χ1) is 26.8. The molecule has 286 valence electrons. The lowest BCUT2D eigenvalue weighted by Crippen LogP contribution is -2.45. The number of ether oxygens (including phenoxy) is 6. The fourth-order valence-electron chi connectivity index (χ4n) is 6.80. The lowest BCUT2D eigenvalue weighted by atomic mass is 9.80. The van der Waals surface area contributed by atoms with Gasteiger partial charge in [-0.1, -0.05) is 78.9 Å². The first-order valence-electron chi connectivity index (χ1n) is 18.2. The minimum absolute atomic E-state index is 0.0148. The maximum atomic E-state index is 14.0. The van der Waals surface area contributed by atoms with Crippen LogP contribution in [0.1, 0.15) is 58.1 Å². The summed E-state index contributed by atoms with van der Waals surface area (Å²) >= 11 is 0. The summed E-state index contributed by atoms with van der Waals surface area (Å²) in [5, 5.41) is 0. The van der Waals surface area contributed by atoms with Gasteiger partial charge in [-0.2, -0.15) is 4.57 Å². The standard InChI is InChI=1S/C44H46N2O9/c1-5-6-13-26-52-30-53-38-27-40(45-28-31(2)41(47)46(43(45)49)42(48)32-14-9-7-10-15-32)55-39(38)29-54-44(33-16-11-8-12-17-33,34-18-22-36(50-3)23-19-34)35-20-24-37(51-4)25-21-35/h5,7-12,14-25,28,38-40H,1,6,13,26-27,29-30H2,2-4H3/t38-,39+,40+/m0/s1. The summed E-state index contributed by atoms with van der Waals surface area (Å²) in [4.78, 5) is 40.8. The molecule has 0 radical (unpaired) electrons. The summed E-state index contributed by atoms with van der Waals surface area (Å²) in [5.41, 5.74) is 0.294. The first-order valence-corrected chi connectivity index (χ1v) is 18.2. The zero-order chi connectivity index (χ0) is 38.8. The Balaban J connectivity index is 1.38. The van der Waals surface area contributed by atoms with Crippen LogP contribution in [0.4, 0.5) is 0 Å². The van der Waals surface area contributed by atoms with E-state index in [1.165, 1.54) is 10.8 Å². The van der Waals surface area contributed by atoms with Crippen LogP contribution in [-0.2, 0) is 24.5 Å². The summed E-state index contributed by atoms with van der Waals surface area (Å²) < 4.78 is 38.8. The van der Waals surface area contributed by atoms with Crippen molar-refractivity contribution in [3.8, 4) is 11.5 Å². The number of hydrogen-bond acceptors (Lipinski definition) is 9. The Bertz CT molecular complexity index is 2100. The normalized spacial score (nSPS) is 16.8. The van der Waals surface area contributed by atoms with Crippen LogP contribution in [0.2, 0.25) is 0 Å². The maximum absolute atomic E-state index is 14.0. The summed E-state index contributed by atoms with van der Waals surface area (Å²) in [6.07, 6.45) is 2.87. The van der Waals surface area contributed by atoms with Crippen LogP contribution in [0.3, 0.4) is 0 Å². The topological polar surface area (TPSA) is 116 Å². The molecule has 1 aromatic heterocycles. The third kappa shape index (κ3) is 8.55. The molecule has 5 aromatic rings. The van der Waals surface area contributed by atoms with Gasteiger partial charge in [-0.05, 0) is 72.9 Å². The fraction of sp³-hybridized carbons (Fsp3) is 0.295. The fourth-order valence-corrected chi connectivity index (χ4v) is 6.80. The Morgan fingerprint density at radius 2 is 1.44 bits per heavy atom. The van der Waals surface area contributed by atoms with Gasteiger partial charge in [0.1, 0.15) is 36.2 Å². The molecule has 0 bridgehead atoms. The van der Waals surface area contributed by atoms with Gasteiger partial charge in [0, 0.05) is 30.4 Å². The van der Waals surface area contributed by atoms with Crippen LogP contribution >= 0.6 is 0 Å². The van der Waals surface area contributed by atoms with E-state index in [1.54, 1.807) is 51.5 Å². The van der Waals surface area contributed by atoms with E-state index in [0.29, 0.717) is 22.7 Å². The van der Waals surface area contributed by atoms with E-state index in [-0.39, 0.29) is 30.9 Å². The number of aromatic nitrogens is 2. The molecule has 55 heavy (non-hydrogen) atoms. The maximum Gasteiger partial charge on any atom is 0.340 e. The molecule has 0 aliphatic carbocycles. The smallest absolute Gasteiger partial charge is 0.340 e. The van der Waals surface area contributed by atoms with Crippen molar-refractivity contribution in [2.75, 3.05) is 34.2 Å². The number of nitrogens with zero attached hydrogens (tertiary/aromatic N) is 2. The Labute approximate surface area is 320 Å². The second-order valence-corrected chi connectivity index (χ2v) is 13.2. The lowest BCUT2D eigenvalue weighted by molar-refractivity contribution is -0.136. The van der Waals surface area contributed by atoms with Crippen LogP contribution < -0.4 is 20.7 Å². The van der Waals surface area contributed by atoms with E-state index in [0.717, 1.165) is 29.5 Å². The average Bonchev–Trinajstić information content (AvgIpc) is 3.64. The number of rotatable bonds is 17. The third-order valence-electron chi connectivity index (χ3n) is 9.70. The molecule has 0 amide bonds. The molecular formula is C44H46N2O9. The number of allylic oxidation sites excluding steroid dienone is 1. The number of hydrogen-bond donors (Lipinski definition) is 0. The van der Waals surface area contributed by atoms with Gasteiger partial charge in [-0.25, -0.2) is 4.79 Å². The highest BCUT2D eigenvalue weighted by Crippen LogP contribution is 2.43. The molecule has 1 aliphatic heterocycles. The predicted octanol–water partition coefficient (Wildman–Crippen LogP) is 6.65. The molecule has 0 N–H and O–H groups in total. The van der Waals surface area contributed by atoms with Crippen molar-refractivity contribution in [3.05, 3.63) is 177 Å². The number of aryl methyl sites for hydroxylation is 1. The van der Waals surface area contributed by atoms with Crippen molar-refractivity contribution < 1.29 is 33.2 Å². The van der Waals surface area contributed by atoms with Gasteiger partial charge < -0.3 is 28.4 Å². The summed E-state index contributed by atoms with van der Waals surface area (Å²) in [6.45, 7) is 5.80. The van der Waals surface area contributed by atoms with Crippen molar-refractivity contribution in [2.24, 2.45) is 0 Å². The van der Waals surface area contributed by atoms with Gasteiger partial charge in [0.05, 0.1) is 26.9 Å². The van der Waals surface area contributed by atoms with Crippen LogP contribution in [0.5, 0.6) is 11.5 Å². The van der Waals surface area contributed by atoms with E-state index < -0.39 is 41.2 Å². The van der Waals surface area contributed by atoms with Crippen LogP contribution in [0, 0.1) is 6.92 Å². The van der Waals surface area contributed by atoms with E-state index in [9.17, 15) is 14.4 Å². The highest BCUT2D eigenvalue weighted by atomic mass is 16.7. The lowest BCUT2D eigenvalue weighted by Gasteiger charge is -2.37. The second kappa shape index (κ2) is 18.2. The third-order valence-corrected chi connectivity index (χ3v) is 9.70. The molecule has 3 atom stereocenters. The molecule has 0 saturated carbocycles. The summed E-state index contributed by atoms with van der Waals surface area (Å²) in [7, 11) is 3.24. The molecule has 0 unspecified atom stereocenters. The van der Waals surface area contributed by atoms with Crippen molar-refractivity contribution in [3.63, 3.8) is 0 Å². The van der Waals surface area contributed by atoms with Crippen molar-refractivity contribution in [2.45, 2.75) is 50.2 Å². The molecule has 4 aromatic carbocycles. The molecule has 2 heterocycles. The Kier molecular flexibility index (Phi) is 12.9. The molecule has 1 fully saturated rings. The Morgan fingerprint density at radius 3 is 2.02 bits per heavy atom. The van der Waals surface area contributed by atoms with E-state index >= 15 is 0 Å². The van der Waals surface area contributed by atoms with Crippen LogP contribution in [0.25, 0.3) is 0 Å². The average molecular weight is 747 g/mol. The van der Waals surface area contributed by atoms with Gasteiger partial charge in [0.2, 0.25) is 0 Å². The number of carbonyl (C=O) groups excluding carboxylic acids is 1. The SMILES string of the molecule is C=CCCCOCO[C@H]1C[C@H](n2cc(C)c(=O)n(C(=O)c3ccccc3)c2=O)O[C@@H]1COC(c1ccccc1)(c1ccc(OC)cc1)c1ccc(OC)cc1. The van der Waals surface area contributed by atoms with Gasteiger partial charge >= 0.3 is 5.69 Å². The zero-order valence-electron chi connectivity index (χ0n) is 31.3. The van der Waals surface area contributed by atoms with Crippen molar-refractivity contribution in [1.29, 1.82) is 0 Å². The highest BCUT2D eigenvalue weighted by Gasteiger charge is 2.43. The molecule has 0 spiro atoms. The van der Waals surface area contributed by atoms with E-state index in [2.05, 4.69) is 6.58 Å². The van der Waals surface area contributed by atoms with Gasteiger partial charge in [0.15, 0.2) is 0 Å². The largest absolute Gasteiger partial charge is 0.497 e. The summed E-state index contributed by atoms with van der Waals surface area (Å²) in [6, 6.07) is 33.5. The van der Waals surface area contributed by atoms with Crippen molar-refractivity contribution >= 4 is 5.91 Å². The quantitative estimate of drug-likeness (QED) is 0.0447. The van der Waals surface area contributed by atoms with E-state index in [1.807, 2.05) is 84.9 Å². The van der Waals surface area contributed by atoms with Gasteiger partial charge in [-0.3, -0.25) is 14.2 Å². The molecular weight excluding hydrogens is 700 g/mol. The van der Waals surface area contributed by atoms with Gasteiger partial charge in [-0.15, -0.1) is 6.58 Å². The first kappa shape index (κ1) is 39.1. The van der Waals surface area contributed by atoms with Gasteiger partial charge in [0.25, 0.3) is 11.5 Å². The van der Waals surface area contributed by atoms with Crippen LogP contribution in [-0.4, -0.2) is 61.5 Å². The number of methoxy groups -OCH3 is 2. The highest BCUT2D eigenvalue weighted by molar-refractivity contribution is 5.95. The number of benzene rings is 4. The molecule has 11 nitrogen and oxygen atoms in total. The summed E-state index contributed by atoms with van der Waals surface area (Å²) in [5.74, 6) is 0.659. The molecule has 6 rings (SSSR count). The zero-order valence-corrected chi connectivity index (χ0v) is 31.3. The monoisotopic (exact) mass is 746 g/mol. The minimum Gasteiger partial charge on any atom is -0.497 e. The van der Waals surface area contributed by atoms with E-state index in [4.69, 9.17) is 28.4 Å². The van der Waals surface area contributed by atoms with Crippen molar-refractivity contribution in [1.82, 2.24) is 9.13 Å². The molecule has 11 heteroatoms. The minimum atomic E-state index is -1.14. The predicted molar refractivity (Wildman–Crippen MR) is 208 cm³/mol. The molecule has 1 saturated heterocycles. The number of unbranched alkanes of at least 4 members (excludes halogenated alkanes) is 1.